The number of allylic oxidation sites excluding steroid dienone is 1. The van der Waals surface area contributed by atoms with Crippen LogP contribution >= 0.6 is 0 Å². The van der Waals surface area contributed by atoms with Crippen molar-refractivity contribution in [3.63, 3.8) is 0 Å². The van der Waals surface area contributed by atoms with Gasteiger partial charge in [-0.15, -0.1) is 0 Å². The summed E-state index contributed by atoms with van der Waals surface area (Å²) < 4.78 is 0. The van der Waals surface area contributed by atoms with Crippen molar-refractivity contribution in [1.82, 2.24) is 4.90 Å². The van der Waals surface area contributed by atoms with E-state index in [-0.39, 0.29) is 6.54 Å². The smallest absolute Gasteiger partial charge is 0.323 e. The Labute approximate surface area is 71.7 Å². The third kappa shape index (κ3) is 4.34. The lowest BCUT2D eigenvalue weighted by atomic mass is 10.2. The van der Waals surface area contributed by atoms with Gasteiger partial charge < -0.3 is 10.0 Å². The summed E-state index contributed by atoms with van der Waals surface area (Å²) in [5, 5.41) is 16.9. The lowest BCUT2D eigenvalue weighted by Gasteiger charge is -2.10. The summed E-state index contributed by atoms with van der Waals surface area (Å²) in [6.07, 6.45) is 2.18. The van der Waals surface area contributed by atoms with Gasteiger partial charge in [0.25, 0.3) is 0 Å². The number of carbonyl (C=O) groups is 1. The van der Waals surface area contributed by atoms with Gasteiger partial charge in [0, 0.05) is 18.8 Å². The van der Waals surface area contributed by atoms with Crippen molar-refractivity contribution < 1.29 is 9.90 Å². The molecule has 66 valence electrons. The van der Waals surface area contributed by atoms with Gasteiger partial charge in [-0.05, 0) is 6.42 Å². The summed E-state index contributed by atoms with van der Waals surface area (Å²) in [5.74, 6) is -0.901. The second-order valence-electron chi connectivity index (χ2n) is 2.43. The Morgan fingerprint density at radius 2 is 2.33 bits per heavy atom. The molecule has 0 amide bonds. The van der Waals surface area contributed by atoms with Crippen molar-refractivity contribution in [3.8, 4) is 6.07 Å². The van der Waals surface area contributed by atoms with E-state index in [1.165, 1.54) is 4.90 Å². The third-order valence-corrected chi connectivity index (χ3v) is 1.29. The molecule has 0 heterocycles. The molecule has 0 aromatic rings. The van der Waals surface area contributed by atoms with Gasteiger partial charge in [0.05, 0.1) is 6.07 Å². The molecule has 0 saturated heterocycles. The van der Waals surface area contributed by atoms with Crippen LogP contribution in [0.4, 0.5) is 0 Å². The van der Waals surface area contributed by atoms with Crippen molar-refractivity contribution in [2.75, 3.05) is 13.6 Å². The minimum Gasteiger partial charge on any atom is -0.480 e. The number of carboxylic acid groups (broad SMARTS) is 1. The second kappa shape index (κ2) is 5.19. The Morgan fingerprint density at radius 1 is 1.75 bits per heavy atom. The molecular formula is C8H12N2O2. The highest BCUT2D eigenvalue weighted by Crippen LogP contribution is 1.99. The Morgan fingerprint density at radius 3 is 2.67 bits per heavy atom. The highest BCUT2D eigenvalue weighted by molar-refractivity contribution is 5.69. The molecule has 0 aromatic carbocycles. The molecule has 0 bridgehead atoms. The Balaban J connectivity index is 4.13. The molecule has 12 heavy (non-hydrogen) atoms. The van der Waals surface area contributed by atoms with Crippen LogP contribution in [0.2, 0.25) is 0 Å². The molecule has 0 aliphatic rings. The number of carboxylic acids is 1. The van der Waals surface area contributed by atoms with Crippen LogP contribution in [0.5, 0.6) is 0 Å². The minimum atomic E-state index is -0.901. The molecule has 0 aliphatic carbocycles. The Kier molecular flexibility index (Phi) is 4.54. The normalized spacial score (nSPS) is 10.6. The molecule has 0 aliphatic heterocycles. The zero-order valence-corrected chi connectivity index (χ0v) is 7.24. The van der Waals surface area contributed by atoms with Gasteiger partial charge in [0.15, 0.2) is 0 Å². The number of rotatable bonds is 4. The summed E-state index contributed by atoms with van der Waals surface area (Å²) in [6, 6.07) is 1.98. The monoisotopic (exact) mass is 168 g/mol. The molecule has 0 spiro atoms. The van der Waals surface area contributed by atoms with E-state index in [1.54, 1.807) is 13.2 Å². The number of aliphatic carboxylic acids is 1. The summed E-state index contributed by atoms with van der Waals surface area (Å²) in [7, 11) is 1.63. The molecule has 0 aromatic heterocycles. The van der Waals surface area contributed by atoms with Crippen molar-refractivity contribution in [2.45, 2.75) is 13.3 Å². The fraction of sp³-hybridized carbons (Fsp3) is 0.500. The molecule has 0 radical (unpaired) electrons. The average molecular weight is 168 g/mol. The van der Waals surface area contributed by atoms with Gasteiger partial charge >= 0.3 is 5.97 Å². The molecule has 4 heteroatoms. The first kappa shape index (κ1) is 10.5. The van der Waals surface area contributed by atoms with E-state index in [0.29, 0.717) is 12.0 Å². The van der Waals surface area contributed by atoms with Crippen molar-refractivity contribution in [2.24, 2.45) is 0 Å². The van der Waals surface area contributed by atoms with Gasteiger partial charge in [-0.3, -0.25) is 4.79 Å². The van der Waals surface area contributed by atoms with Crippen molar-refractivity contribution in [1.29, 1.82) is 5.26 Å². The van der Waals surface area contributed by atoms with Crippen LogP contribution in [-0.2, 0) is 4.79 Å². The molecule has 0 saturated carbocycles. The molecular weight excluding hydrogens is 156 g/mol. The Hall–Kier alpha value is -1.50. The highest BCUT2D eigenvalue weighted by Gasteiger charge is 2.00. The van der Waals surface area contributed by atoms with Gasteiger partial charge in [0.2, 0.25) is 0 Å². The van der Waals surface area contributed by atoms with E-state index in [9.17, 15) is 4.79 Å². The van der Waals surface area contributed by atoms with E-state index >= 15 is 0 Å². The van der Waals surface area contributed by atoms with Gasteiger partial charge in [-0.2, -0.15) is 5.26 Å². The molecule has 0 unspecified atom stereocenters. The Bertz CT molecular complexity index is 228. The molecule has 0 fully saturated rings. The van der Waals surface area contributed by atoms with Crippen LogP contribution in [0.1, 0.15) is 13.3 Å². The van der Waals surface area contributed by atoms with Crippen molar-refractivity contribution >= 4 is 5.97 Å². The maximum atomic E-state index is 10.2. The number of nitrogens with zero attached hydrogens (tertiary/aromatic N) is 2. The lowest BCUT2D eigenvalue weighted by molar-refractivity contribution is -0.137. The minimum absolute atomic E-state index is 0.0782. The van der Waals surface area contributed by atoms with Crippen molar-refractivity contribution in [3.05, 3.63) is 11.8 Å². The fourth-order valence-electron chi connectivity index (χ4n) is 0.724. The van der Waals surface area contributed by atoms with E-state index in [4.69, 9.17) is 10.4 Å². The van der Waals surface area contributed by atoms with Crippen LogP contribution in [0.25, 0.3) is 0 Å². The first-order valence-corrected chi connectivity index (χ1v) is 3.63. The lowest BCUT2D eigenvalue weighted by Crippen LogP contribution is -2.20. The number of hydrogen-bond acceptors (Lipinski definition) is 3. The summed E-state index contributed by atoms with van der Waals surface area (Å²) in [6.45, 7) is 1.77. The predicted molar refractivity (Wildman–Crippen MR) is 44.3 cm³/mol. The maximum absolute atomic E-state index is 10.2. The molecule has 0 atom stereocenters. The average Bonchev–Trinajstić information content (AvgIpc) is 1.98. The van der Waals surface area contributed by atoms with E-state index in [1.807, 2.05) is 13.0 Å². The second-order valence-corrected chi connectivity index (χ2v) is 2.43. The number of nitriles is 1. The maximum Gasteiger partial charge on any atom is 0.323 e. The van der Waals surface area contributed by atoms with Gasteiger partial charge in [-0.1, -0.05) is 6.92 Å². The fourth-order valence-corrected chi connectivity index (χ4v) is 0.724. The van der Waals surface area contributed by atoms with Gasteiger partial charge in [0.1, 0.15) is 6.54 Å². The first-order valence-electron chi connectivity index (χ1n) is 3.63. The summed E-state index contributed by atoms with van der Waals surface area (Å²) in [5.41, 5.74) is 0.582. The largest absolute Gasteiger partial charge is 0.480 e. The predicted octanol–water partition coefficient (Wildman–Crippen LogP) is 0.820. The van der Waals surface area contributed by atoms with Crippen LogP contribution in [-0.4, -0.2) is 29.6 Å². The zero-order chi connectivity index (χ0) is 9.56. The van der Waals surface area contributed by atoms with E-state index < -0.39 is 5.97 Å². The quantitative estimate of drug-likeness (QED) is 0.631. The standard InChI is InChI=1S/C8H12N2O2/c1-3-7(4-9)5-10(2)6-8(11)12/h5H,3,6H2,1-2H3,(H,11,12). The topological polar surface area (TPSA) is 64.3 Å². The molecule has 1 N–H and O–H groups in total. The molecule has 0 rings (SSSR count). The van der Waals surface area contributed by atoms with Crippen LogP contribution < -0.4 is 0 Å². The van der Waals surface area contributed by atoms with Gasteiger partial charge in [-0.25, -0.2) is 0 Å². The zero-order valence-electron chi connectivity index (χ0n) is 7.24. The highest BCUT2D eigenvalue weighted by atomic mass is 16.4. The van der Waals surface area contributed by atoms with Crippen LogP contribution in [0.15, 0.2) is 11.8 Å². The summed E-state index contributed by atoms with van der Waals surface area (Å²) in [4.78, 5) is 11.7. The van der Waals surface area contributed by atoms with Crippen LogP contribution in [0.3, 0.4) is 0 Å². The first-order chi connectivity index (χ1) is 5.60. The van der Waals surface area contributed by atoms with Crippen LogP contribution in [0, 0.1) is 11.3 Å². The van der Waals surface area contributed by atoms with E-state index in [0.717, 1.165) is 0 Å². The van der Waals surface area contributed by atoms with E-state index in [2.05, 4.69) is 0 Å². The molecule has 4 nitrogen and oxygen atoms in total. The third-order valence-electron chi connectivity index (χ3n) is 1.29. The summed E-state index contributed by atoms with van der Waals surface area (Å²) >= 11 is 0. The SMILES string of the molecule is CCC(C#N)=CN(C)CC(=O)O. The number of likely N-dealkylation sites (N-methyl/N-ethyl adjacent to an activating group) is 1. The number of hydrogen-bond donors (Lipinski definition) is 1.